The van der Waals surface area contributed by atoms with Crippen LogP contribution in [-0.4, -0.2) is 51.0 Å². The minimum Gasteiger partial charge on any atom is -0.350 e. The first-order valence-corrected chi connectivity index (χ1v) is 11.3. The van der Waals surface area contributed by atoms with Crippen molar-refractivity contribution in [3.8, 4) is 17.1 Å². The van der Waals surface area contributed by atoms with Crippen LogP contribution < -0.4 is 5.32 Å². The van der Waals surface area contributed by atoms with Crippen LogP contribution in [0, 0.1) is 0 Å². The summed E-state index contributed by atoms with van der Waals surface area (Å²) in [6.07, 6.45) is 4.13. The van der Waals surface area contributed by atoms with Crippen LogP contribution in [0.3, 0.4) is 0 Å². The molecule has 2 aromatic heterocycles. The molecule has 1 fully saturated rings. The standard InChI is InChI=1S/C26H27N5O/c1-2-30-17-7-10-22(30)18-28-26(32)20-12-14-21(15-13-20)31-24(19-8-4-3-5-9-19)29-23-11-6-16-27-25(23)31/h3-6,8-9,11-16,22H,2,7,10,17-18H2,1H3,(H,28,32)/t22-/m0/s1. The maximum Gasteiger partial charge on any atom is 0.251 e. The number of likely N-dealkylation sites (N-methyl/N-ethyl adjacent to an activating group) is 1. The van der Waals surface area contributed by atoms with Gasteiger partial charge in [0.2, 0.25) is 0 Å². The van der Waals surface area contributed by atoms with Crippen molar-refractivity contribution < 1.29 is 4.79 Å². The number of imidazole rings is 1. The molecule has 1 N–H and O–H groups in total. The lowest BCUT2D eigenvalue weighted by atomic mass is 10.1. The predicted molar refractivity (Wildman–Crippen MR) is 127 cm³/mol. The minimum absolute atomic E-state index is 0.0311. The summed E-state index contributed by atoms with van der Waals surface area (Å²) in [6.45, 7) is 5.04. The van der Waals surface area contributed by atoms with Gasteiger partial charge in [0.15, 0.2) is 5.65 Å². The molecule has 1 aliphatic rings. The second kappa shape index (κ2) is 8.93. The van der Waals surface area contributed by atoms with E-state index in [9.17, 15) is 4.79 Å². The average molecular weight is 426 g/mol. The van der Waals surface area contributed by atoms with Crippen LogP contribution in [-0.2, 0) is 0 Å². The maximum atomic E-state index is 12.7. The van der Waals surface area contributed by atoms with Gasteiger partial charge in [-0.15, -0.1) is 0 Å². The van der Waals surface area contributed by atoms with Crippen molar-refractivity contribution >= 4 is 17.1 Å². The fraction of sp³-hybridized carbons (Fsp3) is 0.269. The third-order valence-electron chi connectivity index (χ3n) is 6.24. The summed E-state index contributed by atoms with van der Waals surface area (Å²) in [5.74, 6) is 0.800. The van der Waals surface area contributed by atoms with E-state index >= 15 is 0 Å². The monoisotopic (exact) mass is 425 g/mol. The summed E-state index contributed by atoms with van der Waals surface area (Å²) in [7, 11) is 0. The minimum atomic E-state index is -0.0311. The van der Waals surface area contributed by atoms with E-state index in [2.05, 4.69) is 22.1 Å². The Morgan fingerprint density at radius 2 is 1.88 bits per heavy atom. The van der Waals surface area contributed by atoms with Gasteiger partial charge in [-0.3, -0.25) is 14.3 Å². The van der Waals surface area contributed by atoms with Crippen LogP contribution in [0.4, 0.5) is 0 Å². The van der Waals surface area contributed by atoms with Crippen molar-refractivity contribution in [2.24, 2.45) is 0 Å². The topological polar surface area (TPSA) is 63.1 Å². The lowest BCUT2D eigenvalue weighted by molar-refractivity contribution is 0.0941. The van der Waals surface area contributed by atoms with Gasteiger partial charge in [0.1, 0.15) is 11.3 Å². The number of nitrogens with zero attached hydrogens (tertiary/aromatic N) is 4. The van der Waals surface area contributed by atoms with Crippen molar-refractivity contribution in [3.05, 3.63) is 78.5 Å². The molecule has 0 spiro atoms. The highest BCUT2D eigenvalue weighted by Crippen LogP contribution is 2.27. The van der Waals surface area contributed by atoms with Gasteiger partial charge in [0.25, 0.3) is 5.91 Å². The van der Waals surface area contributed by atoms with Crippen molar-refractivity contribution in [3.63, 3.8) is 0 Å². The van der Waals surface area contributed by atoms with E-state index in [1.165, 1.54) is 6.42 Å². The van der Waals surface area contributed by atoms with Gasteiger partial charge in [-0.1, -0.05) is 37.3 Å². The largest absolute Gasteiger partial charge is 0.350 e. The summed E-state index contributed by atoms with van der Waals surface area (Å²) < 4.78 is 2.05. The SMILES string of the molecule is CCN1CCC[C@H]1CNC(=O)c1ccc(-n2c(-c3ccccc3)nc3cccnc32)cc1. The summed E-state index contributed by atoms with van der Waals surface area (Å²) >= 11 is 0. The molecule has 4 aromatic rings. The van der Waals surface area contributed by atoms with Crippen molar-refractivity contribution in [1.82, 2.24) is 24.8 Å². The van der Waals surface area contributed by atoms with E-state index in [0.717, 1.165) is 47.7 Å². The quantitative estimate of drug-likeness (QED) is 0.500. The molecule has 0 radical (unpaired) electrons. The number of amides is 1. The van der Waals surface area contributed by atoms with Crippen LogP contribution in [0.15, 0.2) is 72.9 Å². The van der Waals surface area contributed by atoms with Crippen LogP contribution in [0.25, 0.3) is 28.2 Å². The third kappa shape index (κ3) is 3.89. The summed E-state index contributed by atoms with van der Waals surface area (Å²) in [4.78, 5) is 24.6. The molecule has 0 unspecified atom stereocenters. The second-order valence-corrected chi connectivity index (χ2v) is 8.16. The highest BCUT2D eigenvalue weighted by molar-refractivity contribution is 5.94. The first-order valence-electron chi connectivity index (χ1n) is 11.3. The molecular weight excluding hydrogens is 398 g/mol. The van der Waals surface area contributed by atoms with Crippen LogP contribution in [0.5, 0.6) is 0 Å². The van der Waals surface area contributed by atoms with E-state index in [0.29, 0.717) is 18.2 Å². The lowest BCUT2D eigenvalue weighted by Gasteiger charge is -2.22. The Kier molecular flexibility index (Phi) is 5.69. The number of pyridine rings is 1. The van der Waals surface area contributed by atoms with Crippen LogP contribution in [0.2, 0.25) is 0 Å². The van der Waals surface area contributed by atoms with Crippen molar-refractivity contribution in [2.45, 2.75) is 25.8 Å². The second-order valence-electron chi connectivity index (χ2n) is 8.16. The van der Waals surface area contributed by atoms with Gasteiger partial charge in [-0.05, 0) is 62.3 Å². The van der Waals surface area contributed by atoms with Gasteiger partial charge >= 0.3 is 0 Å². The Bertz CT molecular complexity index is 1220. The molecule has 5 rings (SSSR count). The lowest BCUT2D eigenvalue weighted by Crippen LogP contribution is -2.40. The Balaban J connectivity index is 1.41. The number of hydrogen-bond acceptors (Lipinski definition) is 4. The number of rotatable bonds is 6. The molecule has 2 aromatic carbocycles. The molecule has 0 aliphatic carbocycles. The normalized spacial score (nSPS) is 16.5. The van der Waals surface area contributed by atoms with Gasteiger partial charge in [-0.25, -0.2) is 9.97 Å². The molecule has 0 saturated carbocycles. The van der Waals surface area contributed by atoms with E-state index in [4.69, 9.17) is 4.98 Å². The molecule has 32 heavy (non-hydrogen) atoms. The highest BCUT2D eigenvalue weighted by atomic mass is 16.1. The maximum absolute atomic E-state index is 12.7. The van der Waals surface area contributed by atoms with Gasteiger partial charge in [0, 0.05) is 35.6 Å². The number of likely N-dealkylation sites (tertiary alicyclic amines) is 1. The summed E-state index contributed by atoms with van der Waals surface area (Å²) in [6, 6.07) is 22.1. The predicted octanol–water partition coefficient (Wildman–Crippen LogP) is 4.30. The average Bonchev–Trinajstić information content (AvgIpc) is 3.47. The highest BCUT2D eigenvalue weighted by Gasteiger charge is 2.23. The van der Waals surface area contributed by atoms with Crippen molar-refractivity contribution in [1.29, 1.82) is 0 Å². The molecule has 0 bridgehead atoms. The Morgan fingerprint density at radius 3 is 2.66 bits per heavy atom. The molecule has 6 heteroatoms. The smallest absolute Gasteiger partial charge is 0.251 e. The van der Waals surface area contributed by atoms with E-state index < -0.39 is 0 Å². The molecule has 6 nitrogen and oxygen atoms in total. The molecule has 1 aliphatic heterocycles. The van der Waals surface area contributed by atoms with Crippen molar-refractivity contribution in [2.75, 3.05) is 19.6 Å². The van der Waals surface area contributed by atoms with Crippen LogP contribution >= 0.6 is 0 Å². The Morgan fingerprint density at radius 1 is 1.06 bits per heavy atom. The van der Waals surface area contributed by atoms with E-state index in [-0.39, 0.29) is 5.91 Å². The number of nitrogens with one attached hydrogen (secondary N) is 1. The molecular formula is C26H27N5O. The first kappa shape index (κ1) is 20.4. The number of carbonyl (C=O) groups is 1. The van der Waals surface area contributed by atoms with Gasteiger partial charge in [-0.2, -0.15) is 0 Å². The molecule has 1 atom stereocenters. The Hall–Kier alpha value is -3.51. The zero-order valence-corrected chi connectivity index (χ0v) is 18.2. The number of benzene rings is 2. The number of fused-ring (bicyclic) bond motifs is 1. The molecule has 3 heterocycles. The molecule has 1 amide bonds. The van der Waals surface area contributed by atoms with E-state index in [1.54, 1.807) is 6.20 Å². The summed E-state index contributed by atoms with van der Waals surface area (Å²) in [5.41, 5.74) is 4.24. The zero-order valence-electron chi connectivity index (χ0n) is 18.2. The van der Waals surface area contributed by atoms with E-state index in [1.807, 2.05) is 71.3 Å². The van der Waals surface area contributed by atoms with Gasteiger partial charge in [0.05, 0.1) is 0 Å². The number of aromatic nitrogens is 3. The third-order valence-corrected chi connectivity index (χ3v) is 6.24. The fourth-order valence-corrected chi connectivity index (χ4v) is 4.55. The number of carbonyl (C=O) groups excluding carboxylic acids is 1. The molecule has 162 valence electrons. The Labute approximate surface area is 187 Å². The first-order chi connectivity index (χ1) is 15.7. The molecule has 1 saturated heterocycles. The van der Waals surface area contributed by atoms with Crippen LogP contribution in [0.1, 0.15) is 30.1 Å². The summed E-state index contributed by atoms with van der Waals surface area (Å²) in [5, 5.41) is 3.11. The van der Waals surface area contributed by atoms with Gasteiger partial charge < -0.3 is 5.32 Å². The fourth-order valence-electron chi connectivity index (χ4n) is 4.55. The zero-order chi connectivity index (χ0) is 21.9. The number of hydrogen-bond donors (Lipinski definition) is 1.